The molecular weight excluding hydrogens is 344 g/mol. The fourth-order valence-electron chi connectivity index (χ4n) is 2.60. The van der Waals surface area contributed by atoms with Crippen LogP contribution < -0.4 is 0 Å². The lowest BCUT2D eigenvalue weighted by Gasteiger charge is -2.21. The molecule has 2 aromatic rings. The summed E-state index contributed by atoms with van der Waals surface area (Å²) < 4.78 is 5.15. The molecule has 2 aromatic heterocycles. The first-order valence-corrected chi connectivity index (χ1v) is 9.66. The minimum atomic E-state index is -0.558. The molecule has 1 aliphatic carbocycles. The molecule has 0 radical (unpaired) electrons. The number of esters is 1. The Morgan fingerprint density at radius 1 is 1.38 bits per heavy atom. The molecule has 0 aliphatic heterocycles. The number of carbonyl (C=O) groups is 2. The largest absolute Gasteiger partial charge is 0.451 e. The standard InChI is InChI=1S/C17H18N2O3S2/c1-2-19(13-5-3-4-6-13)15(20)9-22-17(21)14-11-24-16(18-14)12-7-8-23-10-12/h5,7-8,10-11H,2-4,6,9H2,1H3. The van der Waals surface area contributed by atoms with Crippen molar-refractivity contribution in [3.05, 3.63) is 39.7 Å². The number of thiophene rings is 1. The number of hydrogen-bond acceptors (Lipinski definition) is 6. The van der Waals surface area contributed by atoms with Crippen molar-refractivity contribution in [3.8, 4) is 10.6 Å². The fraction of sp³-hybridized carbons (Fsp3) is 0.353. The van der Waals surface area contributed by atoms with E-state index >= 15 is 0 Å². The second-order valence-corrected chi connectivity index (χ2v) is 6.99. The van der Waals surface area contributed by atoms with Crippen molar-refractivity contribution in [2.24, 2.45) is 0 Å². The van der Waals surface area contributed by atoms with E-state index in [1.807, 2.05) is 23.8 Å². The van der Waals surface area contributed by atoms with Gasteiger partial charge in [-0.1, -0.05) is 6.08 Å². The Labute approximate surface area is 148 Å². The molecule has 0 aromatic carbocycles. The maximum atomic E-state index is 12.3. The lowest BCUT2D eigenvalue weighted by Crippen LogP contribution is -2.33. The molecule has 0 N–H and O–H groups in total. The number of nitrogens with zero attached hydrogens (tertiary/aromatic N) is 2. The van der Waals surface area contributed by atoms with Gasteiger partial charge in [-0.3, -0.25) is 4.79 Å². The first-order valence-electron chi connectivity index (χ1n) is 7.83. The summed E-state index contributed by atoms with van der Waals surface area (Å²) in [6.07, 6.45) is 5.06. The summed E-state index contributed by atoms with van der Waals surface area (Å²) in [6, 6.07) is 1.95. The third-order valence-electron chi connectivity index (χ3n) is 3.79. The van der Waals surface area contributed by atoms with Crippen LogP contribution in [0.15, 0.2) is 34.0 Å². The average Bonchev–Trinajstić information content (AvgIpc) is 3.34. The smallest absolute Gasteiger partial charge is 0.358 e. The maximum absolute atomic E-state index is 12.3. The van der Waals surface area contributed by atoms with Crippen LogP contribution in [0.2, 0.25) is 0 Å². The number of thiazole rings is 1. The summed E-state index contributed by atoms with van der Waals surface area (Å²) in [6.45, 7) is 2.25. The highest BCUT2D eigenvalue weighted by molar-refractivity contribution is 7.14. The second-order valence-electron chi connectivity index (χ2n) is 5.35. The van der Waals surface area contributed by atoms with Crippen molar-refractivity contribution >= 4 is 34.6 Å². The molecule has 0 fully saturated rings. The zero-order valence-corrected chi connectivity index (χ0v) is 15.0. The van der Waals surface area contributed by atoms with E-state index in [0.717, 1.165) is 35.5 Å². The number of rotatable bonds is 6. The SMILES string of the molecule is CCN(C(=O)COC(=O)c1csc(-c2ccsc2)n1)C1=CCCC1. The predicted octanol–water partition coefficient (Wildman–Crippen LogP) is 3.94. The van der Waals surface area contributed by atoms with E-state index in [9.17, 15) is 9.59 Å². The van der Waals surface area contributed by atoms with Crippen LogP contribution in [0, 0.1) is 0 Å². The van der Waals surface area contributed by atoms with Gasteiger partial charge in [0, 0.05) is 28.6 Å². The van der Waals surface area contributed by atoms with Gasteiger partial charge in [-0.05, 0) is 37.6 Å². The third kappa shape index (κ3) is 3.73. The summed E-state index contributed by atoms with van der Waals surface area (Å²) >= 11 is 2.97. The Kier molecular flexibility index (Phi) is 5.42. The molecule has 24 heavy (non-hydrogen) atoms. The summed E-state index contributed by atoms with van der Waals surface area (Å²) in [7, 11) is 0. The molecule has 0 saturated heterocycles. The quantitative estimate of drug-likeness (QED) is 0.730. The molecule has 0 unspecified atom stereocenters. The van der Waals surface area contributed by atoms with E-state index in [4.69, 9.17) is 4.74 Å². The summed E-state index contributed by atoms with van der Waals surface area (Å²) in [5.41, 5.74) is 2.27. The van der Waals surface area contributed by atoms with E-state index in [-0.39, 0.29) is 18.2 Å². The molecule has 7 heteroatoms. The molecule has 2 heterocycles. The van der Waals surface area contributed by atoms with Gasteiger partial charge in [-0.25, -0.2) is 9.78 Å². The number of ether oxygens (including phenoxy) is 1. The highest BCUT2D eigenvalue weighted by atomic mass is 32.1. The molecule has 3 rings (SSSR count). The molecule has 1 amide bonds. The van der Waals surface area contributed by atoms with Crippen molar-refractivity contribution in [1.82, 2.24) is 9.88 Å². The van der Waals surface area contributed by atoms with Gasteiger partial charge in [0.1, 0.15) is 5.01 Å². The van der Waals surface area contributed by atoms with Crippen LogP contribution in [-0.2, 0) is 9.53 Å². The molecule has 0 saturated carbocycles. The zero-order chi connectivity index (χ0) is 16.9. The van der Waals surface area contributed by atoms with E-state index in [1.165, 1.54) is 11.3 Å². The highest BCUT2D eigenvalue weighted by Gasteiger charge is 2.21. The van der Waals surface area contributed by atoms with Gasteiger partial charge in [0.15, 0.2) is 12.3 Å². The van der Waals surface area contributed by atoms with Gasteiger partial charge in [0.25, 0.3) is 5.91 Å². The molecule has 0 atom stereocenters. The van der Waals surface area contributed by atoms with Gasteiger partial charge in [-0.15, -0.1) is 11.3 Å². The van der Waals surface area contributed by atoms with Crippen LogP contribution in [-0.4, -0.2) is 34.9 Å². The Morgan fingerprint density at radius 2 is 2.25 bits per heavy atom. The lowest BCUT2D eigenvalue weighted by molar-refractivity contribution is -0.132. The molecular formula is C17H18N2O3S2. The summed E-state index contributed by atoms with van der Waals surface area (Å²) in [4.78, 5) is 30.4. The first-order chi connectivity index (χ1) is 11.7. The minimum absolute atomic E-state index is 0.188. The lowest BCUT2D eigenvalue weighted by atomic mass is 10.3. The number of carbonyl (C=O) groups excluding carboxylic acids is 2. The fourth-order valence-corrected chi connectivity index (χ4v) is 4.11. The van der Waals surface area contributed by atoms with Crippen LogP contribution in [0.5, 0.6) is 0 Å². The average molecular weight is 362 g/mol. The molecule has 1 aliphatic rings. The van der Waals surface area contributed by atoms with Gasteiger partial charge in [0.2, 0.25) is 0 Å². The van der Waals surface area contributed by atoms with E-state index in [2.05, 4.69) is 11.1 Å². The normalized spacial score (nSPS) is 13.6. The minimum Gasteiger partial charge on any atom is -0.451 e. The van der Waals surface area contributed by atoms with Gasteiger partial charge in [-0.2, -0.15) is 11.3 Å². The number of hydrogen-bond donors (Lipinski definition) is 0. The Bertz CT molecular complexity index is 750. The predicted molar refractivity (Wildman–Crippen MR) is 95.0 cm³/mol. The van der Waals surface area contributed by atoms with Gasteiger partial charge in [0.05, 0.1) is 0 Å². The highest BCUT2D eigenvalue weighted by Crippen LogP contribution is 2.26. The number of allylic oxidation sites excluding steroid dienone is 2. The van der Waals surface area contributed by atoms with Crippen molar-refractivity contribution in [1.29, 1.82) is 0 Å². The van der Waals surface area contributed by atoms with E-state index in [1.54, 1.807) is 21.6 Å². The molecule has 5 nitrogen and oxygen atoms in total. The van der Waals surface area contributed by atoms with Crippen LogP contribution in [0.25, 0.3) is 10.6 Å². The summed E-state index contributed by atoms with van der Waals surface area (Å²) in [5.74, 6) is -0.746. The molecule has 126 valence electrons. The maximum Gasteiger partial charge on any atom is 0.358 e. The van der Waals surface area contributed by atoms with Crippen molar-refractivity contribution in [3.63, 3.8) is 0 Å². The summed E-state index contributed by atoms with van der Waals surface area (Å²) in [5, 5.41) is 6.38. The van der Waals surface area contributed by atoms with Crippen molar-refractivity contribution < 1.29 is 14.3 Å². The van der Waals surface area contributed by atoms with Gasteiger partial charge < -0.3 is 9.64 Å². The van der Waals surface area contributed by atoms with Crippen molar-refractivity contribution in [2.75, 3.05) is 13.2 Å². The van der Waals surface area contributed by atoms with E-state index < -0.39 is 5.97 Å². The monoisotopic (exact) mass is 362 g/mol. The van der Waals surface area contributed by atoms with Crippen LogP contribution in [0.4, 0.5) is 0 Å². The first kappa shape index (κ1) is 16.9. The van der Waals surface area contributed by atoms with Crippen LogP contribution >= 0.6 is 22.7 Å². The Morgan fingerprint density at radius 3 is 2.92 bits per heavy atom. The second kappa shape index (κ2) is 7.72. The number of aromatic nitrogens is 1. The Hall–Kier alpha value is -1.99. The zero-order valence-electron chi connectivity index (χ0n) is 13.4. The van der Waals surface area contributed by atoms with E-state index in [0.29, 0.717) is 6.54 Å². The third-order valence-corrected chi connectivity index (χ3v) is 5.36. The van der Waals surface area contributed by atoms with Crippen molar-refractivity contribution in [2.45, 2.75) is 26.2 Å². The van der Waals surface area contributed by atoms with Crippen LogP contribution in [0.3, 0.4) is 0 Å². The topological polar surface area (TPSA) is 59.5 Å². The van der Waals surface area contributed by atoms with Gasteiger partial charge >= 0.3 is 5.97 Å². The Balaban J connectivity index is 1.58. The number of amides is 1. The molecule has 0 bridgehead atoms. The van der Waals surface area contributed by atoms with Crippen LogP contribution in [0.1, 0.15) is 36.7 Å². The molecule has 0 spiro atoms. The number of likely N-dealkylation sites (N-methyl/N-ethyl adjacent to an activating group) is 1.